The average Bonchev–Trinajstić information content (AvgIpc) is 2.29. The second-order valence-corrected chi connectivity index (χ2v) is 4.07. The Morgan fingerprint density at radius 3 is 3.06 bits per heavy atom. The Bertz CT molecular complexity index is 445. The molecule has 0 bridgehead atoms. The van der Waals surface area contributed by atoms with Crippen molar-refractivity contribution in [1.29, 1.82) is 0 Å². The molecule has 0 amide bonds. The molecule has 0 aliphatic heterocycles. The molecule has 0 spiro atoms. The van der Waals surface area contributed by atoms with E-state index in [1.165, 1.54) is 6.20 Å². The summed E-state index contributed by atoms with van der Waals surface area (Å²) in [5.74, 6) is 0. The number of aliphatic hydroxyl groups excluding tert-OH is 1. The van der Waals surface area contributed by atoms with Crippen molar-refractivity contribution >= 4 is 17.3 Å². The summed E-state index contributed by atoms with van der Waals surface area (Å²) in [5, 5.41) is 15.8. The van der Waals surface area contributed by atoms with E-state index in [4.69, 9.17) is 16.7 Å². The first-order valence-electron chi connectivity index (χ1n) is 5.34. The molecular weight excluding hydrogens is 242 g/mol. The van der Waals surface area contributed by atoms with E-state index >= 15 is 0 Å². The maximum atomic E-state index is 11.7. The van der Waals surface area contributed by atoms with Gasteiger partial charge in [-0.25, -0.2) is 4.68 Å². The maximum absolute atomic E-state index is 11.7. The molecular formula is C11H16ClN3O2. The summed E-state index contributed by atoms with van der Waals surface area (Å²) in [6.45, 7) is 5.58. The number of rotatable bonds is 6. The first-order valence-corrected chi connectivity index (χ1v) is 5.71. The number of hydrogen-bond acceptors (Lipinski definition) is 4. The Labute approximate surface area is 105 Å². The van der Waals surface area contributed by atoms with Crippen molar-refractivity contribution in [3.05, 3.63) is 34.2 Å². The van der Waals surface area contributed by atoms with Crippen LogP contribution in [0.3, 0.4) is 0 Å². The lowest BCUT2D eigenvalue weighted by molar-refractivity contribution is 0.266. The number of halogens is 1. The van der Waals surface area contributed by atoms with Gasteiger partial charge in [0.1, 0.15) is 5.02 Å². The van der Waals surface area contributed by atoms with Crippen molar-refractivity contribution in [2.75, 3.05) is 11.9 Å². The van der Waals surface area contributed by atoms with Crippen LogP contribution in [0.1, 0.15) is 13.3 Å². The van der Waals surface area contributed by atoms with Crippen molar-refractivity contribution in [3.63, 3.8) is 0 Å². The van der Waals surface area contributed by atoms with Gasteiger partial charge in [-0.2, -0.15) is 5.10 Å². The smallest absolute Gasteiger partial charge is 0.287 e. The third kappa shape index (κ3) is 3.57. The van der Waals surface area contributed by atoms with Gasteiger partial charge in [0.15, 0.2) is 0 Å². The number of anilines is 1. The van der Waals surface area contributed by atoms with Crippen molar-refractivity contribution in [2.45, 2.75) is 25.9 Å². The van der Waals surface area contributed by atoms with Gasteiger partial charge in [-0.05, 0) is 13.3 Å². The number of aromatic nitrogens is 2. The van der Waals surface area contributed by atoms with Crippen LogP contribution in [0.4, 0.5) is 5.69 Å². The molecule has 1 heterocycles. The topological polar surface area (TPSA) is 67.2 Å². The molecule has 0 saturated heterocycles. The molecule has 0 saturated carbocycles. The second kappa shape index (κ2) is 6.42. The third-order valence-corrected chi connectivity index (χ3v) is 2.58. The van der Waals surface area contributed by atoms with Crippen LogP contribution in [0.15, 0.2) is 23.6 Å². The van der Waals surface area contributed by atoms with Gasteiger partial charge in [-0.3, -0.25) is 4.79 Å². The van der Waals surface area contributed by atoms with E-state index in [1.54, 1.807) is 6.08 Å². The lowest BCUT2D eigenvalue weighted by atomic mass is 10.2. The molecule has 1 rings (SSSR count). The fourth-order valence-corrected chi connectivity index (χ4v) is 1.59. The molecule has 94 valence electrons. The normalized spacial score (nSPS) is 12.2. The monoisotopic (exact) mass is 257 g/mol. The zero-order valence-corrected chi connectivity index (χ0v) is 10.4. The van der Waals surface area contributed by atoms with Crippen molar-refractivity contribution in [1.82, 2.24) is 9.78 Å². The first-order chi connectivity index (χ1) is 8.10. The zero-order chi connectivity index (χ0) is 12.8. The van der Waals surface area contributed by atoms with Gasteiger partial charge in [-0.15, -0.1) is 6.58 Å². The molecule has 0 aromatic carbocycles. The first kappa shape index (κ1) is 13.7. The van der Waals surface area contributed by atoms with Crippen molar-refractivity contribution in [3.8, 4) is 0 Å². The van der Waals surface area contributed by atoms with Gasteiger partial charge in [0.25, 0.3) is 5.56 Å². The molecule has 5 nitrogen and oxygen atoms in total. The van der Waals surface area contributed by atoms with E-state index in [0.29, 0.717) is 5.69 Å². The van der Waals surface area contributed by atoms with E-state index in [0.717, 1.165) is 11.1 Å². The SMILES string of the molecule is C=CCC(C)Nc1cnn(CCO)c(=O)c1Cl. The predicted octanol–water partition coefficient (Wildman–Crippen LogP) is 1.27. The summed E-state index contributed by atoms with van der Waals surface area (Å²) >= 11 is 5.94. The van der Waals surface area contributed by atoms with Crippen LogP contribution in [0.2, 0.25) is 5.02 Å². The fourth-order valence-electron chi connectivity index (χ4n) is 1.39. The zero-order valence-electron chi connectivity index (χ0n) is 9.69. The van der Waals surface area contributed by atoms with E-state index < -0.39 is 5.56 Å². The average molecular weight is 258 g/mol. The van der Waals surface area contributed by atoms with Gasteiger partial charge in [0.05, 0.1) is 25.0 Å². The Morgan fingerprint density at radius 2 is 2.47 bits per heavy atom. The Kier molecular flexibility index (Phi) is 5.18. The highest BCUT2D eigenvalue weighted by atomic mass is 35.5. The summed E-state index contributed by atoms with van der Waals surface area (Å²) in [6, 6.07) is 0.125. The summed E-state index contributed by atoms with van der Waals surface area (Å²) in [7, 11) is 0. The van der Waals surface area contributed by atoms with Crippen LogP contribution in [-0.2, 0) is 6.54 Å². The number of aliphatic hydroxyl groups is 1. The van der Waals surface area contributed by atoms with Crippen LogP contribution in [0.5, 0.6) is 0 Å². The minimum atomic E-state index is -0.406. The van der Waals surface area contributed by atoms with Crippen LogP contribution >= 0.6 is 11.6 Å². The van der Waals surface area contributed by atoms with Crippen LogP contribution in [0, 0.1) is 0 Å². The molecule has 1 aromatic heterocycles. The largest absolute Gasteiger partial charge is 0.394 e. The predicted molar refractivity (Wildman–Crippen MR) is 68.5 cm³/mol. The highest BCUT2D eigenvalue weighted by Gasteiger charge is 2.10. The highest BCUT2D eigenvalue weighted by Crippen LogP contribution is 2.16. The number of nitrogens with zero attached hydrogens (tertiary/aromatic N) is 2. The van der Waals surface area contributed by atoms with Crippen LogP contribution in [0.25, 0.3) is 0 Å². The molecule has 0 aliphatic carbocycles. The van der Waals surface area contributed by atoms with Crippen LogP contribution < -0.4 is 10.9 Å². The minimum Gasteiger partial charge on any atom is -0.394 e. The second-order valence-electron chi connectivity index (χ2n) is 3.69. The molecule has 1 unspecified atom stereocenters. The third-order valence-electron chi connectivity index (χ3n) is 2.22. The van der Waals surface area contributed by atoms with E-state index in [1.807, 2.05) is 6.92 Å². The van der Waals surface area contributed by atoms with E-state index in [-0.39, 0.29) is 24.2 Å². The standard InChI is InChI=1S/C11H16ClN3O2/c1-3-4-8(2)14-9-7-13-15(5-6-16)11(17)10(9)12/h3,7-8,14,16H,1,4-6H2,2H3. The van der Waals surface area contributed by atoms with Crippen molar-refractivity contribution < 1.29 is 5.11 Å². The quantitative estimate of drug-likeness (QED) is 0.753. The van der Waals surface area contributed by atoms with E-state index in [2.05, 4.69) is 17.0 Å². The lowest BCUT2D eigenvalue weighted by Gasteiger charge is -2.14. The van der Waals surface area contributed by atoms with Gasteiger partial charge in [0, 0.05) is 6.04 Å². The van der Waals surface area contributed by atoms with Gasteiger partial charge >= 0.3 is 0 Å². The molecule has 2 N–H and O–H groups in total. The summed E-state index contributed by atoms with van der Waals surface area (Å²) in [4.78, 5) is 11.7. The molecule has 0 radical (unpaired) electrons. The van der Waals surface area contributed by atoms with Gasteiger partial charge in [0.2, 0.25) is 0 Å². The summed E-state index contributed by atoms with van der Waals surface area (Å²) in [6.07, 6.45) is 4.03. The Morgan fingerprint density at radius 1 is 1.76 bits per heavy atom. The minimum absolute atomic E-state index is 0.0874. The number of hydrogen-bond donors (Lipinski definition) is 2. The van der Waals surface area contributed by atoms with Gasteiger partial charge in [-0.1, -0.05) is 17.7 Å². The molecule has 1 aromatic rings. The summed E-state index contributed by atoms with van der Waals surface area (Å²) in [5.41, 5.74) is 0.0942. The molecule has 0 fully saturated rings. The fraction of sp³-hybridized carbons (Fsp3) is 0.455. The van der Waals surface area contributed by atoms with Crippen molar-refractivity contribution in [2.24, 2.45) is 0 Å². The molecule has 0 aliphatic rings. The van der Waals surface area contributed by atoms with Crippen LogP contribution in [-0.4, -0.2) is 27.5 Å². The maximum Gasteiger partial charge on any atom is 0.287 e. The van der Waals surface area contributed by atoms with E-state index in [9.17, 15) is 4.79 Å². The Hall–Kier alpha value is -1.33. The molecule has 17 heavy (non-hydrogen) atoms. The van der Waals surface area contributed by atoms with Gasteiger partial charge < -0.3 is 10.4 Å². The molecule has 6 heteroatoms. The lowest BCUT2D eigenvalue weighted by Crippen LogP contribution is -2.26. The number of nitrogens with one attached hydrogen (secondary N) is 1. The highest BCUT2D eigenvalue weighted by molar-refractivity contribution is 6.32. The summed E-state index contributed by atoms with van der Waals surface area (Å²) < 4.78 is 1.13. The molecule has 1 atom stereocenters. The Balaban J connectivity index is 2.92.